The molecule has 150 valence electrons. The van der Waals surface area contributed by atoms with Crippen LogP contribution in [0.3, 0.4) is 0 Å². The van der Waals surface area contributed by atoms with Crippen LogP contribution in [0.2, 0.25) is 0 Å². The van der Waals surface area contributed by atoms with Crippen LogP contribution in [-0.4, -0.2) is 21.9 Å². The molecule has 0 bridgehead atoms. The van der Waals surface area contributed by atoms with Crippen molar-refractivity contribution in [1.29, 1.82) is 0 Å². The number of halogens is 1. The molecule has 2 N–H and O–H groups in total. The monoisotopic (exact) mass is 412 g/mol. The van der Waals surface area contributed by atoms with Crippen LogP contribution in [0.4, 0.5) is 14.9 Å². The topological polar surface area (TPSA) is 80.0 Å². The van der Waals surface area contributed by atoms with Crippen LogP contribution < -0.4 is 10.6 Å². The first-order valence-corrected chi connectivity index (χ1v) is 10.4. The molecule has 1 atom stereocenters. The van der Waals surface area contributed by atoms with Gasteiger partial charge in [0, 0.05) is 27.8 Å². The molecule has 2 heterocycles. The molecule has 0 fully saturated rings. The van der Waals surface area contributed by atoms with Crippen LogP contribution in [0.25, 0.3) is 11.5 Å². The van der Waals surface area contributed by atoms with E-state index in [1.165, 1.54) is 12.1 Å². The Balaban J connectivity index is 1.41. The smallest absolute Gasteiger partial charge is 0.319 e. The summed E-state index contributed by atoms with van der Waals surface area (Å²) in [6, 6.07) is 11.3. The van der Waals surface area contributed by atoms with Gasteiger partial charge in [0.2, 0.25) is 0 Å². The van der Waals surface area contributed by atoms with Gasteiger partial charge in [-0.1, -0.05) is 19.0 Å². The molecule has 0 saturated heterocycles. The molecule has 0 radical (unpaired) electrons. The second kappa shape index (κ2) is 8.24. The van der Waals surface area contributed by atoms with Crippen molar-refractivity contribution in [1.82, 2.24) is 15.5 Å². The molecule has 6 nitrogen and oxygen atoms in total. The number of urea groups is 1. The standard InChI is InChI=1S/C21H21FN4O2S/c1-12(2)19-25-20(28-26-19)13-3-6-15(7-4-13)23-21(27)24-17-9-10-29-18-8-5-14(22)11-16(17)18/h3-8,11-12,17H,9-10H2,1-2H3,(H2,23,24,27). The lowest BCUT2D eigenvalue weighted by Crippen LogP contribution is -2.34. The predicted molar refractivity (Wildman–Crippen MR) is 110 cm³/mol. The maximum Gasteiger partial charge on any atom is 0.319 e. The molecule has 4 rings (SSSR count). The summed E-state index contributed by atoms with van der Waals surface area (Å²) in [5.74, 6) is 1.87. The average molecular weight is 412 g/mol. The number of nitrogens with zero attached hydrogens (tertiary/aromatic N) is 2. The van der Waals surface area contributed by atoms with Crippen molar-refractivity contribution in [3.8, 4) is 11.5 Å². The molecular weight excluding hydrogens is 391 g/mol. The van der Waals surface area contributed by atoms with Crippen LogP contribution in [0.15, 0.2) is 51.9 Å². The van der Waals surface area contributed by atoms with Crippen LogP contribution in [0, 0.1) is 5.82 Å². The third-order valence-electron chi connectivity index (χ3n) is 4.66. The fraction of sp³-hybridized carbons (Fsp3) is 0.286. The van der Waals surface area contributed by atoms with E-state index in [2.05, 4.69) is 20.8 Å². The Morgan fingerprint density at radius 2 is 2.03 bits per heavy atom. The van der Waals surface area contributed by atoms with Gasteiger partial charge in [-0.25, -0.2) is 9.18 Å². The lowest BCUT2D eigenvalue weighted by atomic mass is 10.0. The van der Waals surface area contributed by atoms with Crippen molar-refractivity contribution in [2.45, 2.75) is 37.1 Å². The highest BCUT2D eigenvalue weighted by atomic mass is 32.2. The van der Waals surface area contributed by atoms with E-state index in [1.807, 2.05) is 26.0 Å². The van der Waals surface area contributed by atoms with Gasteiger partial charge in [-0.05, 0) is 54.4 Å². The van der Waals surface area contributed by atoms with Crippen molar-refractivity contribution >= 4 is 23.5 Å². The molecule has 1 unspecified atom stereocenters. The summed E-state index contributed by atoms with van der Waals surface area (Å²) in [6.07, 6.45) is 0.753. The van der Waals surface area contributed by atoms with Crippen molar-refractivity contribution in [2.24, 2.45) is 0 Å². The highest BCUT2D eigenvalue weighted by Crippen LogP contribution is 2.36. The molecule has 0 saturated carbocycles. The number of hydrogen-bond acceptors (Lipinski definition) is 5. The highest BCUT2D eigenvalue weighted by Gasteiger charge is 2.23. The van der Waals surface area contributed by atoms with Crippen LogP contribution >= 0.6 is 11.8 Å². The number of nitrogens with one attached hydrogen (secondary N) is 2. The molecule has 8 heteroatoms. The number of rotatable bonds is 4. The van der Waals surface area contributed by atoms with Crippen molar-refractivity contribution < 1.29 is 13.7 Å². The minimum absolute atomic E-state index is 0.189. The van der Waals surface area contributed by atoms with E-state index >= 15 is 0 Å². The fourth-order valence-electron chi connectivity index (χ4n) is 3.12. The number of hydrogen-bond donors (Lipinski definition) is 2. The van der Waals surface area contributed by atoms with Gasteiger partial charge in [-0.2, -0.15) is 4.98 Å². The molecule has 1 aliphatic rings. The van der Waals surface area contributed by atoms with E-state index < -0.39 is 0 Å². The van der Waals surface area contributed by atoms with Gasteiger partial charge in [0.15, 0.2) is 5.82 Å². The van der Waals surface area contributed by atoms with Crippen molar-refractivity contribution in [2.75, 3.05) is 11.1 Å². The molecule has 2 aromatic carbocycles. The number of fused-ring (bicyclic) bond motifs is 1. The summed E-state index contributed by atoms with van der Waals surface area (Å²) in [5, 5.41) is 9.72. The fourth-order valence-corrected chi connectivity index (χ4v) is 4.23. The van der Waals surface area contributed by atoms with Crippen LogP contribution in [0.5, 0.6) is 0 Å². The van der Waals surface area contributed by atoms with Gasteiger partial charge in [0.05, 0.1) is 6.04 Å². The number of amides is 2. The lowest BCUT2D eigenvalue weighted by molar-refractivity contribution is 0.248. The van der Waals surface area contributed by atoms with Gasteiger partial charge in [0.1, 0.15) is 5.82 Å². The first-order valence-electron chi connectivity index (χ1n) is 9.43. The molecular formula is C21H21FN4O2S. The van der Waals surface area contributed by atoms with Crippen LogP contribution in [-0.2, 0) is 0 Å². The van der Waals surface area contributed by atoms with Gasteiger partial charge in [-0.15, -0.1) is 11.8 Å². The molecule has 1 aliphatic heterocycles. The number of anilines is 1. The largest absolute Gasteiger partial charge is 0.334 e. The van der Waals surface area contributed by atoms with E-state index in [1.54, 1.807) is 30.0 Å². The van der Waals surface area contributed by atoms with E-state index in [9.17, 15) is 9.18 Å². The SMILES string of the molecule is CC(C)c1noc(-c2ccc(NC(=O)NC3CCSc4ccc(F)cc43)cc2)n1. The molecule has 29 heavy (non-hydrogen) atoms. The molecule has 1 aromatic heterocycles. The molecule has 0 aliphatic carbocycles. The minimum Gasteiger partial charge on any atom is -0.334 e. The number of carbonyl (C=O) groups is 1. The summed E-state index contributed by atoms with van der Waals surface area (Å²) in [6.45, 7) is 4.00. The Bertz CT molecular complexity index is 1020. The number of carbonyl (C=O) groups excluding carboxylic acids is 1. The van der Waals surface area contributed by atoms with Gasteiger partial charge < -0.3 is 15.2 Å². The molecule has 0 spiro atoms. The Kier molecular flexibility index (Phi) is 5.53. The van der Waals surface area contributed by atoms with Crippen molar-refractivity contribution in [3.63, 3.8) is 0 Å². The zero-order valence-corrected chi connectivity index (χ0v) is 16.9. The highest BCUT2D eigenvalue weighted by molar-refractivity contribution is 7.99. The second-order valence-corrected chi connectivity index (χ2v) is 8.30. The number of aromatic nitrogens is 2. The quantitative estimate of drug-likeness (QED) is 0.603. The summed E-state index contributed by atoms with van der Waals surface area (Å²) in [4.78, 5) is 17.8. The van der Waals surface area contributed by atoms with E-state index in [4.69, 9.17) is 4.52 Å². The summed E-state index contributed by atoms with van der Waals surface area (Å²) in [5.41, 5.74) is 2.24. The summed E-state index contributed by atoms with van der Waals surface area (Å²) in [7, 11) is 0. The number of thioether (sulfide) groups is 1. The first-order chi connectivity index (χ1) is 14.0. The minimum atomic E-state index is -0.329. The summed E-state index contributed by atoms with van der Waals surface area (Å²) >= 11 is 1.68. The van der Waals surface area contributed by atoms with Crippen LogP contribution in [0.1, 0.15) is 43.6 Å². The Morgan fingerprint density at radius 1 is 1.24 bits per heavy atom. The maximum absolute atomic E-state index is 13.6. The Labute approximate surface area is 172 Å². The van der Waals surface area contributed by atoms with Gasteiger partial charge in [-0.3, -0.25) is 0 Å². The van der Waals surface area contributed by atoms with E-state index in [0.717, 1.165) is 28.2 Å². The summed E-state index contributed by atoms with van der Waals surface area (Å²) < 4.78 is 18.9. The zero-order valence-electron chi connectivity index (χ0n) is 16.1. The second-order valence-electron chi connectivity index (χ2n) is 7.16. The molecule has 2 amide bonds. The van der Waals surface area contributed by atoms with E-state index in [-0.39, 0.29) is 23.8 Å². The van der Waals surface area contributed by atoms with E-state index in [0.29, 0.717) is 17.4 Å². The molecule has 3 aromatic rings. The third kappa shape index (κ3) is 4.42. The third-order valence-corrected chi connectivity index (χ3v) is 5.79. The predicted octanol–water partition coefficient (Wildman–Crippen LogP) is 5.36. The maximum atomic E-state index is 13.6. The Hall–Kier alpha value is -2.87. The Morgan fingerprint density at radius 3 is 2.76 bits per heavy atom. The first kappa shape index (κ1) is 19.4. The van der Waals surface area contributed by atoms with Crippen molar-refractivity contribution in [3.05, 3.63) is 59.7 Å². The number of benzene rings is 2. The zero-order chi connectivity index (χ0) is 20.4. The van der Waals surface area contributed by atoms with Gasteiger partial charge >= 0.3 is 6.03 Å². The van der Waals surface area contributed by atoms with Gasteiger partial charge in [0.25, 0.3) is 5.89 Å². The average Bonchev–Trinajstić information content (AvgIpc) is 3.20. The normalized spacial score (nSPS) is 15.8. The lowest BCUT2D eigenvalue weighted by Gasteiger charge is -2.26.